The molecular weight excluding hydrogens is 1040 g/mol. The number of hydrogen-bond donors (Lipinski definition) is 2. The van der Waals surface area contributed by atoms with Crippen LogP contribution in [0.2, 0.25) is 0 Å². The lowest BCUT2D eigenvalue weighted by Gasteiger charge is -2.53. The quantitative estimate of drug-likeness (QED) is 0.0347. The van der Waals surface area contributed by atoms with Gasteiger partial charge in [-0.05, 0) is 47.4 Å². The largest absolute Gasteiger partial charge is 0.497 e. The molecule has 7 aromatic carbocycles. The summed E-state index contributed by atoms with van der Waals surface area (Å²) in [5.41, 5.74) is 5.36. The summed E-state index contributed by atoms with van der Waals surface area (Å²) in [7, 11) is 1.59. The van der Waals surface area contributed by atoms with Crippen LogP contribution in [0.25, 0.3) is 6.08 Å². The van der Waals surface area contributed by atoms with Gasteiger partial charge in [-0.2, -0.15) is 0 Å². The number of anilines is 1. The van der Waals surface area contributed by atoms with Gasteiger partial charge in [0.05, 0.1) is 30.4 Å². The van der Waals surface area contributed by atoms with Crippen molar-refractivity contribution in [2.45, 2.75) is 42.5 Å². The van der Waals surface area contributed by atoms with Gasteiger partial charge in [0, 0.05) is 33.5 Å². The van der Waals surface area contributed by atoms with Gasteiger partial charge in [-0.25, -0.2) is 9.97 Å². The Morgan fingerprint density at radius 2 is 1.24 bits per heavy atom. The molecule has 0 radical (unpaired) electrons. The number of thioether (sulfide) groups is 1. The van der Waals surface area contributed by atoms with Crippen LogP contribution in [-0.4, -0.2) is 62.8 Å². The summed E-state index contributed by atoms with van der Waals surface area (Å²) in [5.74, 6) is -0.734. The molecular formula is C64H54N6O6S3. The van der Waals surface area contributed by atoms with Crippen molar-refractivity contribution in [1.82, 2.24) is 20.2 Å². The summed E-state index contributed by atoms with van der Waals surface area (Å²) in [4.78, 5) is 63.1. The Morgan fingerprint density at radius 3 is 1.73 bits per heavy atom. The van der Waals surface area contributed by atoms with Gasteiger partial charge in [0.15, 0.2) is 10.5 Å². The van der Waals surface area contributed by atoms with Crippen molar-refractivity contribution in [3.05, 3.63) is 278 Å². The number of amides is 2. The van der Waals surface area contributed by atoms with Crippen LogP contribution in [0.5, 0.6) is 5.75 Å². The molecule has 0 bridgehead atoms. The summed E-state index contributed by atoms with van der Waals surface area (Å²) in [5, 5.41) is 14.0. The molecule has 79 heavy (non-hydrogen) atoms. The van der Waals surface area contributed by atoms with Crippen LogP contribution in [0.3, 0.4) is 0 Å². The number of nitrogens with one attached hydrogen (secondary N) is 2. The second kappa shape index (κ2) is 23.1. The predicted molar refractivity (Wildman–Crippen MR) is 313 cm³/mol. The number of carbonyl (C=O) groups excluding carboxylic acids is 3. The predicted octanol–water partition coefficient (Wildman–Crippen LogP) is 12.0. The number of aromatic nitrogens is 2. The van der Waals surface area contributed by atoms with E-state index in [-0.39, 0.29) is 30.5 Å². The fraction of sp³-hybridized carbons (Fsp3) is 0.156. The van der Waals surface area contributed by atoms with Crippen LogP contribution >= 0.6 is 34.4 Å². The summed E-state index contributed by atoms with van der Waals surface area (Å²) in [6.45, 7) is 1.66. The number of esters is 1. The Labute approximate surface area is 470 Å². The molecule has 2 N–H and O–H groups in total. The van der Waals surface area contributed by atoms with Crippen LogP contribution < -0.4 is 15.4 Å². The molecule has 0 aliphatic carbocycles. The lowest BCUT2D eigenvalue weighted by Crippen LogP contribution is -2.74. The van der Waals surface area contributed by atoms with Gasteiger partial charge in [0.25, 0.3) is 0 Å². The van der Waals surface area contributed by atoms with E-state index in [2.05, 4.69) is 52.0 Å². The van der Waals surface area contributed by atoms with E-state index in [1.807, 2.05) is 176 Å². The van der Waals surface area contributed by atoms with E-state index in [0.29, 0.717) is 16.6 Å². The maximum Gasteiger partial charge on any atom is 0.324 e. The first-order chi connectivity index (χ1) is 38.7. The van der Waals surface area contributed by atoms with E-state index in [9.17, 15) is 9.59 Å². The van der Waals surface area contributed by atoms with Crippen molar-refractivity contribution in [1.29, 1.82) is 0 Å². The van der Waals surface area contributed by atoms with Crippen LogP contribution in [0.15, 0.2) is 228 Å². The summed E-state index contributed by atoms with van der Waals surface area (Å²) < 4.78 is 11.6. The normalized spacial score (nSPS) is 17.6. The van der Waals surface area contributed by atoms with Gasteiger partial charge >= 0.3 is 5.97 Å². The second-order valence-corrected chi connectivity index (χ2v) is 22.0. The fourth-order valence-electron chi connectivity index (χ4n) is 10.2. The third kappa shape index (κ3) is 10.5. The molecule has 0 saturated carbocycles. The van der Waals surface area contributed by atoms with Gasteiger partial charge < -0.3 is 29.8 Å². The lowest BCUT2D eigenvalue weighted by molar-refractivity contribution is -0.157. The van der Waals surface area contributed by atoms with Gasteiger partial charge in [-0.3, -0.25) is 14.4 Å². The summed E-state index contributed by atoms with van der Waals surface area (Å²) >= 11 is 4.01. The molecule has 2 unspecified atom stereocenters. The van der Waals surface area contributed by atoms with Crippen LogP contribution in [0.1, 0.15) is 55.2 Å². The van der Waals surface area contributed by atoms with Crippen molar-refractivity contribution in [3.8, 4) is 5.75 Å². The zero-order valence-electron chi connectivity index (χ0n) is 43.2. The van der Waals surface area contributed by atoms with Crippen molar-refractivity contribution < 1.29 is 28.7 Å². The molecule has 2 fully saturated rings. The fourth-order valence-corrected chi connectivity index (χ4v) is 13.0. The van der Waals surface area contributed by atoms with Crippen LogP contribution in [0, 0.1) is 12.3 Å². The Kier molecular flexibility index (Phi) is 15.4. The molecule has 0 spiro atoms. The number of β-lactam (4-membered cyclic amide) rings is 1. The Bertz CT molecular complexity index is 3410. The van der Waals surface area contributed by atoms with Crippen molar-refractivity contribution in [2.24, 2.45) is 10.6 Å². The number of ether oxygens (including phenoxy) is 2. The molecule has 4 heterocycles. The molecule has 12 nitrogen and oxygen atoms in total. The second-order valence-electron chi connectivity index (χ2n) is 19.1. The van der Waals surface area contributed by atoms with Crippen LogP contribution in [-0.2, 0) is 48.1 Å². The molecule has 394 valence electrons. The van der Waals surface area contributed by atoms with Gasteiger partial charge in [0.1, 0.15) is 34.4 Å². The van der Waals surface area contributed by atoms with Crippen molar-refractivity contribution >= 4 is 68.5 Å². The van der Waals surface area contributed by atoms with Gasteiger partial charge in [-0.15, -0.1) is 22.7 Å². The zero-order valence-corrected chi connectivity index (χ0v) is 45.6. The number of aryl methyl sites for hydroxylation is 1. The number of hydrogen-bond acceptors (Lipinski definition) is 13. The highest BCUT2D eigenvalue weighted by Crippen LogP contribution is 2.49. The number of carbonyl (C=O) groups is 3. The molecule has 2 aromatic heterocycles. The highest BCUT2D eigenvalue weighted by Gasteiger charge is 2.61. The average Bonchev–Trinajstić information content (AvgIpc) is 4.28. The lowest BCUT2D eigenvalue weighted by atomic mass is 9.77. The van der Waals surface area contributed by atoms with E-state index < -0.39 is 39.8 Å². The highest BCUT2D eigenvalue weighted by atomic mass is 32.2. The van der Waals surface area contributed by atoms with Crippen LogP contribution in [0.4, 0.5) is 5.13 Å². The van der Waals surface area contributed by atoms with E-state index in [1.54, 1.807) is 35.7 Å². The number of oxime groups is 1. The van der Waals surface area contributed by atoms with E-state index in [4.69, 9.17) is 24.5 Å². The maximum atomic E-state index is 15.3. The minimum atomic E-state index is -1.69. The number of rotatable bonds is 19. The van der Waals surface area contributed by atoms with Gasteiger partial charge in [0.2, 0.25) is 17.4 Å². The monoisotopic (exact) mass is 1100 g/mol. The zero-order chi connectivity index (χ0) is 54.2. The minimum absolute atomic E-state index is 0.0749. The Morgan fingerprint density at radius 1 is 0.722 bits per heavy atom. The first-order valence-corrected chi connectivity index (χ1v) is 28.3. The maximum absolute atomic E-state index is 15.3. The topological polar surface area (TPSA) is 144 Å². The number of methoxy groups -OCH3 is 1. The number of fused-ring (bicyclic) bond motifs is 1. The average molecular weight is 1100 g/mol. The SMILES string of the molecule is COc1ccc(COC(=O)C2(C=Cc3scnc3C)CN3C(=O)C(NC(=O)Cc4csc(NC(c5ccccc5)(c5ccccc5)c5ccccc5)n4)[C@H]3SC2=NOC(c2ccccc2)(c2ccccc2)c2ccccc2)cc1. The number of benzene rings is 7. The molecule has 2 aliphatic rings. The molecule has 2 saturated heterocycles. The van der Waals surface area contributed by atoms with Crippen molar-refractivity contribution in [2.75, 3.05) is 19.0 Å². The molecule has 15 heteroatoms. The number of nitrogens with zero attached hydrogens (tertiary/aromatic N) is 4. The first-order valence-electron chi connectivity index (χ1n) is 25.7. The van der Waals surface area contributed by atoms with E-state index >= 15 is 4.79 Å². The smallest absolute Gasteiger partial charge is 0.324 e. The minimum Gasteiger partial charge on any atom is -0.497 e. The third-order valence-electron chi connectivity index (χ3n) is 14.3. The Balaban J connectivity index is 0.933. The first kappa shape index (κ1) is 52.4. The summed E-state index contributed by atoms with van der Waals surface area (Å²) in [6.07, 6.45) is 3.49. The van der Waals surface area contributed by atoms with E-state index in [0.717, 1.165) is 49.5 Å². The van der Waals surface area contributed by atoms with E-state index in [1.165, 1.54) is 34.4 Å². The highest BCUT2D eigenvalue weighted by molar-refractivity contribution is 8.14. The third-order valence-corrected chi connectivity index (χ3v) is 17.4. The Hall–Kier alpha value is -8.63. The van der Waals surface area contributed by atoms with Gasteiger partial charge in [-0.1, -0.05) is 217 Å². The molecule has 2 aliphatic heterocycles. The molecule has 2 amide bonds. The standard InChI is InChI=1S/C64H54N6O6S3/c1-44-54(78-43-65-44)37-38-62(60(73)75-40-45-33-35-53(74-2)36-34-45)42-70-57(72)56(58(70)79-59(62)69-76-64(49-27-15-6-16-28-49,50-29-17-7-18-30-50)51-31-19-8-20-32-51)67-55(71)39-52-41-77-61(66-52)68-63(46-21-9-3-10-22-46,47-23-11-4-12-24-47)48-25-13-5-14-26-48/h3-38,41,43,56,58H,39-40,42H2,1-2H3,(H,66,68)(H,67,71)/t56?,58-,62?/m1/s1. The van der Waals surface area contributed by atoms with Crippen molar-refractivity contribution in [3.63, 3.8) is 0 Å². The molecule has 9 aromatic rings. The molecule has 3 atom stereocenters. The molecule has 11 rings (SSSR count). The number of thiazole rings is 2. The summed E-state index contributed by atoms with van der Waals surface area (Å²) in [6, 6.07) is 66.4.